The van der Waals surface area contributed by atoms with Gasteiger partial charge in [0, 0.05) is 12.8 Å². The van der Waals surface area contributed by atoms with Crippen molar-refractivity contribution in [3.63, 3.8) is 0 Å². The molecule has 1 unspecified atom stereocenters. The minimum absolute atomic E-state index is 0.0273. The monoisotopic (exact) mass is 872 g/mol. The number of carbonyl (C=O) groups is 2. The fraction of sp³-hybridized carbons (Fsp3) is 0.920. The number of nitrogens with zero attached hydrogens (tertiary/aromatic N) is 1. The number of hydrogen-bond donors (Lipinski definition) is 0. The van der Waals surface area contributed by atoms with Gasteiger partial charge < -0.3 is 27.9 Å². The van der Waals surface area contributed by atoms with Gasteiger partial charge in [0.05, 0.1) is 27.7 Å². The number of phosphoric acid groups is 1. The summed E-state index contributed by atoms with van der Waals surface area (Å²) in [6.45, 7) is 4.27. The second-order valence-electron chi connectivity index (χ2n) is 18.5. The standard InChI is InChI=1S/C50H98NO8P/c1-6-8-10-12-14-16-18-20-22-23-24-25-26-27-29-31-33-35-37-39-41-43-50(53)59-48(47-58-60(54,55)57-45-44-51(3,4)5)46-56-49(52)42-40-38-36-34-32-30-28-21-19-17-15-13-11-9-7-2/h20,22,48H,6-19,21,23-47H2,1-5H3/b22-20-/t48-/m1/s1. The van der Waals surface area contributed by atoms with Gasteiger partial charge in [-0.3, -0.25) is 14.2 Å². The third kappa shape index (κ3) is 46.3. The fourth-order valence-electron chi connectivity index (χ4n) is 7.30. The number of phosphoric ester groups is 1. The van der Waals surface area contributed by atoms with E-state index in [-0.39, 0.29) is 32.0 Å². The molecule has 0 N–H and O–H groups in total. The number of esters is 2. The third-order valence-corrected chi connectivity index (χ3v) is 12.2. The number of unbranched alkanes of at least 4 members (excludes halogenated alkanes) is 31. The topological polar surface area (TPSA) is 111 Å². The van der Waals surface area contributed by atoms with Gasteiger partial charge in [0.1, 0.15) is 19.8 Å². The van der Waals surface area contributed by atoms with Crippen molar-refractivity contribution in [1.29, 1.82) is 0 Å². The molecule has 0 aliphatic heterocycles. The molecule has 0 amide bonds. The Morgan fingerprint density at radius 2 is 0.850 bits per heavy atom. The van der Waals surface area contributed by atoms with E-state index in [0.717, 1.165) is 38.5 Å². The van der Waals surface area contributed by atoms with Crippen LogP contribution >= 0.6 is 7.82 Å². The average Bonchev–Trinajstić information content (AvgIpc) is 3.20. The smallest absolute Gasteiger partial charge is 0.306 e. The van der Waals surface area contributed by atoms with Gasteiger partial charge in [-0.15, -0.1) is 0 Å². The predicted octanol–water partition coefficient (Wildman–Crippen LogP) is 14.3. The van der Waals surface area contributed by atoms with Crippen LogP contribution in [0, 0.1) is 0 Å². The SMILES string of the molecule is CCCCCCCC/C=C\CCCCCCCCCCCCCC(=O)O[C@H](COC(=O)CCCCCCCCCCCCCCCCC)COP(=O)([O-])OCC[N+](C)(C)C. The van der Waals surface area contributed by atoms with Crippen molar-refractivity contribution in [3.05, 3.63) is 12.2 Å². The van der Waals surface area contributed by atoms with E-state index in [2.05, 4.69) is 26.0 Å². The maximum absolute atomic E-state index is 12.7. The molecule has 0 bridgehead atoms. The first-order chi connectivity index (χ1) is 29.0. The number of carbonyl (C=O) groups excluding carboxylic acids is 2. The molecule has 0 saturated carbocycles. The molecule has 60 heavy (non-hydrogen) atoms. The van der Waals surface area contributed by atoms with Gasteiger partial charge >= 0.3 is 11.9 Å². The zero-order valence-corrected chi connectivity index (χ0v) is 41.1. The van der Waals surface area contributed by atoms with Crippen molar-refractivity contribution < 1.29 is 42.1 Å². The van der Waals surface area contributed by atoms with Crippen molar-refractivity contribution in [2.45, 2.75) is 251 Å². The van der Waals surface area contributed by atoms with Crippen molar-refractivity contribution in [1.82, 2.24) is 0 Å². The highest BCUT2D eigenvalue weighted by atomic mass is 31.2. The van der Waals surface area contributed by atoms with E-state index < -0.39 is 26.5 Å². The molecular formula is C50H98NO8P. The normalized spacial score (nSPS) is 13.5. The summed E-state index contributed by atoms with van der Waals surface area (Å²) in [4.78, 5) is 37.7. The third-order valence-electron chi connectivity index (χ3n) is 11.3. The highest BCUT2D eigenvalue weighted by Crippen LogP contribution is 2.38. The molecule has 0 aromatic heterocycles. The molecule has 2 atom stereocenters. The van der Waals surface area contributed by atoms with E-state index in [1.54, 1.807) is 0 Å². The number of hydrogen-bond acceptors (Lipinski definition) is 8. The van der Waals surface area contributed by atoms with Crippen molar-refractivity contribution in [3.8, 4) is 0 Å². The summed E-state index contributed by atoms with van der Waals surface area (Å²) in [5.41, 5.74) is 0. The molecule has 9 nitrogen and oxygen atoms in total. The molecule has 0 heterocycles. The maximum Gasteiger partial charge on any atom is 0.306 e. The Bertz CT molecular complexity index is 1030. The fourth-order valence-corrected chi connectivity index (χ4v) is 8.03. The van der Waals surface area contributed by atoms with Gasteiger partial charge in [-0.05, 0) is 38.5 Å². The Labute approximate surface area is 371 Å². The Morgan fingerprint density at radius 3 is 1.23 bits per heavy atom. The lowest BCUT2D eigenvalue weighted by Gasteiger charge is -2.28. The highest BCUT2D eigenvalue weighted by molar-refractivity contribution is 7.45. The zero-order chi connectivity index (χ0) is 44.3. The Hall–Kier alpha value is -1.25. The minimum Gasteiger partial charge on any atom is -0.756 e. The van der Waals surface area contributed by atoms with Crippen LogP contribution in [0.5, 0.6) is 0 Å². The van der Waals surface area contributed by atoms with Gasteiger partial charge in [0.15, 0.2) is 6.10 Å². The first-order valence-electron chi connectivity index (χ1n) is 25.4. The number of allylic oxidation sites excluding steroid dienone is 2. The second kappa shape index (κ2) is 43.0. The van der Waals surface area contributed by atoms with Gasteiger partial charge in [-0.1, -0.05) is 206 Å². The lowest BCUT2D eigenvalue weighted by atomic mass is 10.0. The Kier molecular flexibility index (Phi) is 42.1. The summed E-state index contributed by atoms with van der Waals surface area (Å²) in [5, 5.41) is 0. The molecule has 0 fully saturated rings. The van der Waals surface area contributed by atoms with E-state index in [0.29, 0.717) is 17.4 Å². The molecule has 356 valence electrons. The number of rotatable bonds is 47. The van der Waals surface area contributed by atoms with Gasteiger partial charge in [0.2, 0.25) is 0 Å². The van der Waals surface area contributed by atoms with E-state index >= 15 is 0 Å². The molecule has 10 heteroatoms. The van der Waals surface area contributed by atoms with Gasteiger partial charge in [-0.2, -0.15) is 0 Å². The summed E-state index contributed by atoms with van der Waals surface area (Å²) in [7, 11) is 1.18. The number of quaternary nitrogens is 1. The molecule has 0 aliphatic rings. The van der Waals surface area contributed by atoms with Crippen LogP contribution in [0.15, 0.2) is 12.2 Å². The van der Waals surface area contributed by atoms with Crippen LogP contribution in [0.25, 0.3) is 0 Å². The summed E-state index contributed by atoms with van der Waals surface area (Å²) < 4.78 is 34.0. The van der Waals surface area contributed by atoms with Crippen LogP contribution in [-0.4, -0.2) is 70.0 Å². The quantitative estimate of drug-likeness (QED) is 0.0195. The lowest BCUT2D eigenvalue weighted by molar-refractivity contribution is -0.870. The van der Waals surface area contributed by atoms with Crippen LogP contribution in [-0.2, 0) is 32.7 Å². The molecule has 0 saturated heterocycles. The first kappa shape index (κ1) is 58.8. The number of ether oxygens (including phenoxy) is 2. The van der Waals surface area contributed by atoms with Crippen LogP contribution in [0.4, 0.5) is 0 Å². The lowest BCUT2D eigenvalue weighted by Crippen LogP contribution is -2.37. The molecule has 0 aromatic carbocycles. The van der Waals surface area contributed by atoms with Crippen LogP contribution in [0.2, 0.25) is 0 Å². The molecule has 0 aliphatic carbocycles. The molecule has 0 radical (unpaired) electrons. The average molecular weight is 872 g/mol. The molecule has 0 spiro atoms. The second-order valence-corrected chi connectivity index (χ2v) is 20.0. The molecule has 0 rings (SSSR count). The van der Waals surface area contributed by atoms with Crippen molar-refractivity contribution in [2.24, 2.45) is 0 Å². The van der Waals surface area contributed by atoms with Crippen LogP contribution in [0.1, 0.15) is 245 Å². The van der Waals surface area contributed by atoms with E-state index in [1.807, 2.05) is 21.1 Å². The number of likely N-dealkylation sites (N-methyl/N-ethyl adjacent to an activating group) is 1. The zero-order valence-electron chi connectivity index (χ0n) is 40.2. The molecular weight excluding hydrogens is 774 g/mol. The summed E-state index contributed by atoms with van der Waals surface area (Å²) in [5.74, 6) is -0.820. The van der Waals surface area contributed by atoms with Gasteiger partial charge in [0.25, 0.3) is 7.82 Å². The summed E-state index contributed by atoms with van der Waals surface area (Å²) in [6, 6.07) is 0. The predicted molar refractivity (Wildman–Crippen MR) is 250 cm³/mol. The maximum atomic E-state index is 12.7. The summed E-state index contributed by atoms with van der Waals surface area (Å²) in [6.07, 6.45) is 46.6. The van der Waals surface area contributed by atoms with Crippen molar-refractivity contribution in [2.75, 3.05) is 47.5 Å². The highest BCUT2D eigenvalue weighted by Gasteiger charge is 2.21. The van der Waals surface area contributed by atoms with E-state index in [4.69, 9.17) is 18.5 Å². The first-order valence-corrected chi connectivity index (χ1v) is 26.9. The van der Waals surface area contributed by atoms with E-state index in [1.165, 1.54) is 173 Å². The Balaban J connectivity index is 4.21. The van der Waals surface area contributed by atoms with E-state index in [9.17, 15) is 19.0 Å². The van der Waals surface area contributed by atoms with Gasteiger partial charge in [-0.25, -0.2) is 0 Å². The summed E-state index contributed by atoms with van der Waals surface area (Å²) >= 11 is 0. The minimum atomic E-state index is -4.62. The van der Waals surface area contributed by atoms with Crippen LogP contribution < -0.4 is 4.89 Å². The van der Waals surface area contributed by atoms with Crippen LogP contribution in [0.3, 0.4) is 0 Å². The molecule has 0 aromatic rings. The largest absolute Gasteiger partial charge is 0.756 e. The van der Waals surface area contributed by atoms with Crippen molar-refractivity contribution >= 4 is 19.8 Å². The Morgan fingerprint density at radius 1 is 0.500 bits per heavy atom.